The molecule has 0 aromatic carbocycles. The quantitative estimate of drug-likeness (QED) is 0.694. The lowest BCUT2D eigenvalue weighted by atomic mass is 9.97. The van der Waals surface area contributed by atoms with Crippen molar-refractivity contribution in [1.82, 2.24) is 5.32 Å². The Morgan fingerprint density at radius 1 is 1.46 bits per heavy atom. The number of amides is 1. The van der Waals surface area contributed by atoms with Crippen LogP contribution in [0.5, 0.6) is 0 Å². The van der Waals surface area contributed by atoms with E-state index in [1.54, 1.807) is 6.92 Å². The van der Waals surface area contributed by atoms with Gasteiger partial charge in [-0.05, 0) is 26.2 Å². The van der Waals surface area contributed by atoms with E-state index in [-0.39, 0.29) is 11.9 Å². The molecule has 0 spiro atoms. The van der Waals surface area contributed by atoms with Crippen LogP contribution in [0.2, 0.25) is 0 Å². The van der Waals surface area contributed by atoms with Gasteiger partial charge in [0.1, 0.15) is 0 Å². The molecule has 0 heterocycles. The van der Waals surface area contributed by atoms with Gasteiger partial charge in [-0.3, -0.25) is 4.79 Å². The molecule has 0 aliphatic carbocycles. The molecule has 0 aliphatic rings. The standard InChI is InChI=1S/C10H22N2O/c1-6-10(5,11)9(13)12-8(4)7(2)3/h7-8H,6,11H2,1-5H3,(H,12,13). The van der Waals surface area contributed by atoms with E-state index < -0.39 is 5.54 Å². The van der Waals surface area contributed by atoms with Crippen LogP contribution in [-0.2, 0) is 4.79 Å². The van der Waals surface area contributed by atoms with E-state index in [0.29, 0.717) is 12.3 Å². The summed E-state index contributed by atoms with van der Waals surface area (Å²) in [6.07, 6.45) is 0.656. The van der Waals surface area contributed by atoms with E-state index in [2.05, 4.69) is 19.2 Å². The van der Waals surface area contributed by atoms with Crippen LogP contribution in [-0.4, -0.2) is 17.5 Å². The van der Waals surface area contributed by atoms with Gasteiger partial charge in [0, 0.05) is 6.04 Å². The Morgan fingerprint density at radius 2 is 1.92 bits per heavy atom. The summed E-state index contributed by atoms with van der Waals surface area (Å²) in [5.41, 5.74) is 5.06. The minimum Gasteiger partial charge on any atom is -0.352 e. The molecule has 0 radical (unpaired) electrons. The van der Waals surface area contributed by atoms with Gasteiger partial charge in [0.2, 0.25) is 5.91 Å². The first-order chi connectivity index (χ1) is 5.81. The maximum atomic E-state index is 11.6. The molecule has 78 valence electrons. The topological polar surface area (TPSA) is 55.1 Å². The SMILES string of the molecule is CCC(C)(N)C(=O)NC(C)C(C)C. The second-order valence-corrected chi connectivity index (χ2v) is 4.28. The van der Waals surface area contributed by atoms with Crippen molar-refractivity contribution in [2.45, 2.75) is 52.6 Å². The molecular formula is C10H22N2O. The van der Waals surface area contributed by atoms with Gasteiger partial charge in [0.15, 0.2) is 0 Å². The Labute approximate surface area is 81.1 Å². The molecule has 0 aromatic heterocycles. The van der Waals surface area contributed by atoms with Crippen LogP contribution in [0.1, 0.15) is 41.0 Å². The molecule has 0 rings (SSSR count). The number of rotatable bonds is 4. The minimum atomic E-state index is -0.733. The number of carbonyl (C=O) groups excluding carboxylic acids is 1. The van der Waals surface area contributed by atoms with Gasteiger partial charge >= 0.3 is 0 Å². The molecule has 3 N–H and O–H groups in total. The van der Waals surface area contributed by atoms with Gasteiger partial charge in [0.05, 0.1) is 5.54 Å². The first-order valence-electron chi connectivity index (χ1n) is 4.91. The summed E-state index contributed by atoms with van der Waals surface area (Å²) in [7, 11) is 0. The van der Waals surface area contributed by atoms with Crippen LogP contribution in [0.15, 0.2) is 0 Å². The lowest BCUT2D eigenvalue weighted by molar-refractivity contribution is -0.126. The number of nitrogens with two attached hydrogens (primary N) is 1. The number of hydrogen-bond acceptors (Lipinski definition) is 2. The zero-order chi connectivity index (χ0) is 10.6. The highest BCUT2D eigenvalue weighted by Crippen LogP contribution is 2.07. The molecule has 0 aromatic rings. The van der Waals surface area contributed by atoms with Crippen LogP contribution in [0.25, 0.3) is 0 Å². The summed E-state index contributed by atoms with van der Waals surface area (Å²) < 4.78 is 0. The molecule has 2 atom stereocenters. The van der Waals surface area contributed by atoms with Gasteiger partial charge in [-0.2, -0.15) is 0 Å². The van der Waals surface area contributed by atoms with Gasteiger partial charge in [-0.15, -0.1) is 0 Å². The molecule has 0 bridgehead atoms. The smallest absolute Gasteiger partial charge is 0.239 e. The van der Waals surface area contributed by atoms with Gasteiger partial charge < -0.3 is 11.1 Å². The Balaban J connectivity index is 4.15. The molecular weight excluding hydrogens is 164 g/mol. The Bertz CT molecular complexity index is 176. The molecule has 0 saturated carbocycles. The van der Waals surface area contributed by atoms with Crippen LogP contribution < -0.4 is 11.1 Å². The summed E-state index contributed by atoms with van der Waals surface area (Å²) in [6, 6.07) is 0.182. The van der Waals surface area contributed by atoms with Crippen LogP contribution in [0, 0.1) is 5.92 Å². The Hall–Kier alpha value is -0.570. The van der Waals surface area contributed by atoms with Crippen molar-refractivity contribution in [3.05, 3.63) is 0 Å². The lowest BCUT2D eigenvalue weighted by Crippen LogP contribution is -2.54. The number of nitrogens with one attached hydrogen (secondary N) is 1. The molecule has 3 heteroatoms. The van der Waals surface area contributed by atoms with Crippen molar-refractivity contribution >= 4 is 5.91 Å². The third-order valence-corrected chi connectivity index (χ3v) is 2.61. The van der Waals surface area contributed by atoms with Gasteiger partial charge in [-0.25, -0.2) is 0 Å². The van der Waals surface area contributed by atoms with E-state index in [1.165, 1.54) is 0 Å². The minimum absolute atomic E-state index is 0.0591. The normalized spacial score (nSPS) is 18.1. The van der Waals surface area contributed by atoms with E-state index >= 15 is 0 Å². The predicted octanol–water partition coefficient (Wildman–Crippen LogP) is 1.27. The summed E-state index contributed by atoms with van der Waals surface area (Å²) in [5.74, 6) is 0.382. The van der Waals surface area contributed by atoms with Gasteiger partial charge in [-0.1, -0.05) is 20.8 Å². The average Bonchev–Trinajstić information content (AvgIpc) is 2.04. The number of carbonyl (C=O) groups is 1. The summed E-state index contributed by atoms with van der Waals surface area (Å²) in [4.78, 5) is 11.6. The molecule has 0 aliphatic heterocycles. The Morgan fingerprint density at radius 3 is 2.23 bits per heavy atom. The zero-order valence-corrected chi connectivity index (χ0v) is 9.35. The van der Waals surface area contributed by atoms with Crippen molar-refractivity contribution in [3.8, 4) is 0 Å². The molecule has 0 fully saturated rings. The highest BCUT2D eigenvalue weighted by Gasteiger charge is 2.27. The highest BCUT2D eigenvalue weighted by molar-refractivity contribution is 5.85. The van der Waals surface area contributed by atoms with Crippen molar-refractivity contribution in [2.75, 3.05) is 0 Å². The van der Waals surface area contributed by atoms with Crippen LogP contribution in [0.3, 0.4) is 0 Å². The lowest BCUT2D eigenvalue weighted by Gasteiger charge is -2.26. The fourth-order valence-corrected chi connectivity index (χ4v) is 0.699. The monoisotopic (exact) mass is 186 g/mol. The first-order valence-corrected chi connectivity index (χ1v) is 4.91. The predicted molar refractivity (Wildman–Crippen MR) is 55.3 cm³/mol. The van der Waals surface area contributed by atoms with Crippen molar-refractivity contribution < 1.29 is 4.79 Å². The molecule has 0 saturated heterocycles. The van der Waals surface area contributed by atoms with Crippen LogP contribution in [0.4, 0.5) is 0 Å². The van der Waals surface area contributed by atoms with Crippen molar-refractivity contribution in [1.29, 1.82) is 0 Å². The van der Waals surface area contributed by atoms with Crippen molar-refractivity contribution in [3.63, 3.8) is 0 Å². The molecule has 13 heavy (non-hydrogen) atoms. The van der Waals surface area contributed by atoms with Crippen molar-refractivity contribution in [2.24, 2.45) is 11.7 Å². The number of hydrogen-bond donors (Lipinski definition) is 2. The summed E-state index contributed by atoms with van der Waals surface area (Å²) in [6.45, 7) is 9.82. The van der Waals surface area contributed by atoms with E-state index in [0.717, 1.165) is 0 Å². The fourth-order valence-electron chi connectivity index (χ4n) is 0.699. The highest BCUT2D eigenvalue weighted by atomic mass is 16.2. The third-order valence-electron chi connectivity index (χ3n) is 2.61. The largest absolute Gasteiger partial charge is 0.352 e. The average molecular weight is 186 g/mol. The first kappa shape index (κ1) is 12.4. The van der Waals surface area contributed by atoms with Crippen LogP contribution >= 0.6 is 0 Å². The molecule has 3 nitrogen and oxygen atoms in total. The van der Waals surface area contributed by atoms with E-state index in [4.69, 9.17) is 5.73 Å². The third kappa shape index (κ3) is 3.77. The Kier molecular flexibility index (Phi) is 4.40. The summed E-state index contributed by atoms with van der Waals surface area (Å²) >= 11 is 0. The van der Waals surface area contributed by atoms with E-state index in [9.17, 15) is 4.79 Å². The maximum Gasteiger partial charge on any atom is 0.239 e. The van der Waals surface area contributed by atoms with E-state index in [1.807, 2.05) is 13.8 Å². The zero-order valence-electron chi connectivity index (χ0n) is 9.35. The molecule has 1 amide bonds. The molecule has 2 unspecified atom stereocenters. The fraction of sp³-hybridized carbons (Fsp3) is 0.900. The summed E-state index contributed by atoms with van der Waals surface area (Å²) in [5, 5.41) is 2.91. The second-order valence-electron chi connectivity index (χ2n) is 4.28. The van der Waals surface area contributed by atoms with Gasteiger partial charge in [0.25, 0.3) is 0 Å². The second kappa shape index (κ2) is 4.61. The maximum absolute atomic E-state index is 11.6.